The van der Waals surface area contributed by atoms with E-state index in [1.807, 2.05) is 0 Å². The molecule has 0 aromatic heterocycles. The third-order valence-corrected chi connectivity index (χ3v) is 5.05. The first-order chi connectivity index (χ1) is 10.2. The van der Waals surface area contributed by atoms with Crippen molar-refractivity contribution < 1.29 is 0 Å². The molecule has 2 unspecified atom stereocenters. The molecule has 2 aromatic rings. The lowest BCUT2D eigenvalue weighted by Gasteiger charge is -2.47. The van der Waals surface area contributed by atoms with Crippen molar-refractivity contribution in [2.45, 2.75) is 45.2 Å². The summed E-state index contributed by atoms with van der Waals surface area (Å²) >= 11 is 0. The van der Waals surface area contributed by atoms with Crippen LogP contribution in [0.3, 0.4) is 0 Å². The number of benzene rings is 2. The first-order valence-corrected chi connectivity index (χ1v) is 8.16. The molecule has 0 saturated carbocycles. The monoisotopic (exact) mass is 282 g/mol. The van der Waals surface area contributed by atoms with Gasteiger partial charge >= 0.3 is 0 Å². The Labute approximate surface area is 128 Å². The normalized spacial score (nSPS) is 26.2. The molecule has 2 aromatic carbocycles. The standard InChI is InChI=1S/C19H26N2/c1-4-16-13-20-19(3,5-2)14-21(16)18-12-8-10-15-9-6-7-11-17(15)18/h6-12,16,20H,4-5,13-14H2,1-3H3. The summed E-state index contributed by atoms with van der Waals surface area (Å²) in [4.78, 5) is 2.63. The van der Waals surface area contributed by atoms with Crippen LogP contribution in [0, 0.1) is 0 Å². The first-order valence-electron chi connectivity index (χ1n) is 8.16. The summed E-state index contributed by atoms with van der Waals surface area (Å²) in [5.41, 5.74) is 1.60. The van der Waals surface area contributed by atoms with E-state index in [2.05, 4.69) is 73.5 Å². The molecule has 112 valence electrons. The van der Waals surface area contributed by atoms with E-state index in [4.69, 9.17) is 0 Å². The van der Waals surface area contributed by atoms with Crippen LogP contribution in [-0.2, 0) is 0 Å². The molecule has 3 rings (SSSR count). The predicted octanol–water partition coefficient (Wildman–Crippen LogP) is 4.20. The number of hydrogen-bond donors (Lipinski definition) is 1. The van der Waals surface area contributed by atoms with Gasteiger partial charge in [-0.2, -0.15) is 0 Å². The molecule has 0 amide bonds. The highest BCUT2D eigenvalue weighted by Gasteiger charge is 2.34. The van der Waals surface area contributed by atoms with E-state index < -0.39 is 0 Å². The van der Waals surface area contributed by atoms with Gasteiger partial charge in [-0.3, -0.25) is 0 Å². The maximum atomic E-state index is 3.75. The van der Waals surface area contributed by atoms with E-state index in [0.717, 1.165) is 19.5 Å². The molecule has 2 nitrogen and oxygen atoms in total. The minimum atomic E-state index is 0.211. The van der Waals surface area contributed by atoms with Crippen LogP contribution in [0.25, 0.3) is 10.8 Å². The molecule has 2 atom stereocenters. The number of piperazine rings is 1. The SMILES string of the molecule is CCC1CNC(C)(CC)CN1c1cccc2ccccc12. The van der Waals surface area contributed by atoms with Gasteiger partial charge in [0.25, 0.3) is 0 Å². The number of rotatable bonds is 3. The second-order valence-corrected chi connectivity index (χ2v) is 6.48. The van der Waals surface area contributed by atoms with Crippen molar-refractivity contribution >= 4 is 16.5 Å². The number of nitrogens with one attached hydrogen (secondary N) is 1. The van der Waals surface area contributed by atoms with E-state index in [1.54, 1.807) is 0 Å². The maximum absolute atomic E-state index is 3.75. The van der Waals surface area contributed by atoms with Crippen molar-refractivity contribution in [2.75, 3.05) is 18.0 Å². The van der Waals surface area contributed by atoms with Crippen LogP contribution in [0.5, 0.6) is 0 Å². The summed E-state index contributed by atoms with van der Waals surface area (Å²) in [6.45, 7) is 9.07. The highest BCUT2D eigenvalue weighted by molar-refractivity contribution is 5.94. The van der Waals surface area contributed by atoms with E-state index in [-0.39, 0.29) is 5.54 Å². The third-order valence-electron chi connectivity index (χ3n) is 5.05. The van der Waals surface area contributed by atoms with Crippen LogP contribution in [0.15, 0.2) is 42.5 Å². The highest BCUT2D eigenvalue weighted by Crippen LogP contribution is 2.32. The summed E-state index contributed by atoms with van der Waals surface area (Å²) in [6, 6.07) is 16.0. The molecule has 1 aliphatic heterocycles. The van der Waals surface area contributed by atoms with Gasteiger partial charge < -0.3 is 10.2 Å². The van der Waals surface area contributed by atoms with Crippen molar-refractivity contribution in [1.82, 2.24) is 5.32 Å². The average molecular weight is 282 g/mol. The summed E-state index contributed by atoms with van der Waals surface area (Å²) in [7, 11) is 0. The van der Waals surface area contributed by atoms with Crippen LogP contribution in [0.4, 0.5) is 5.69 Å². The quantitative estimate of drug-likeness (QED) is 0.907. The van der Waals surface area contributed by atoms with Gasteiger partial charge in [0.2, 0.25) is 0 Å². The van der Waals surface area contributed by atoms with Gasteiger partial charge in [-0.25, -0.2) is 0 Å². The van der Waals surface area contributed by atoms with Crippen molar-refractivity contribution in [3.05, 3.63) is 42.5 Å². The first kappa shape index (κ1) is 14.4. The number of fused-ring (bicyclic) bond motifs is 1. The fraction of sp³-hybridized carbons (Fsp3) is 0.474. The van der Waals surface area contributed by atoms with Gasteiger partial charge in [-0.15, -0.1) is 0 Å². The maximum Gasteiger partial charge on any atom is 0.0449 e. The zero-order valence-electron chi connectivity index (χ0n) is 13.4. The zero-order chi connectivity index (χ0) is 14.9. The lowest BCUT2D eigenvalue weighted by Crippen LogP contribution is -2.62. The van der Waals surface area contributed by atoms with Crippen molar-refractivity contribution in [3.8, 4) is 0 Å². The number of anilines is 1. The van der Waals surface area contributed by atoms with Gasteiger partial charge in [0.1, 0.15) is 0 Å². The summed E-state index contributed by atoms with van der Waals surface area (Å²) in [5.74, 6) is 0. The molecular weight excluding hydrogens is 256 g/mol. The number of nitrogens with zero attached hydrogens (tertiary/aromatic N) is 1. The van der Waals surface area contributed by atoms with Crippen molar-refractivity contribution in [1.29, 1.82) is 0 Å². The molecular formula is C19H26N2. The Balaban J connectivity index is 2.05. The van der Waals surface area contributed by atoms with Crippen LogP contribution >= 0.6 is 0 Å². The van der Waals surface area contributed by atoms with Crippen molar-refractivity contribution in [2.24, 2.45) is 0 Å². The average Bonchev–Trinajstić information content (AvgIpc) is 2.54. The minimum Gasteiger partial charge on any atom is -0.365 e. The molecule has 1 N–H and O–H groups in total. The summed E-state index contributed by atoms with van der Waals surface area (Å²) in [5, 5.41) is 6.46. The van der Waals surface area contributed by atoms with Crippen LogP contribution in [-0.4, -0.2) is 24.7 Å². The Morgan fingerprint density at radius 3 is 2.67 bits per heavy atom. The molecule has 1 fully saturated rings. The van der Waals surface area contributed by atoms with E-state index in [1.165, 1.54) is 22.9 Å². The molecule has 21 heavy (non-hydrogen) atoms. The smallest absolute Gasteiger partial charge is 0.0449 e. The molecule has 0 bridgehead atoms. The molecule has 0 spiro atoms. The highest BCUT2D eigenvalue weighted by atomic mass is 15.3. The molecule has 1 saturated heterocycles. The molecule has 0 aliphatic carbocycles. The Bertz CT molecular complexity index is 616. The van der Waals surface area contributed by atoms with Gasteiger partial charge in [0.05, 0.1) is 0 Å². The van der Waals surface area contributed by atoms with E-state index in [0.29, 0.717) is 6.04 Å². The van der Waals surface area contributed by atoms with E-state index >= 15 is 0 Å². The van der Waals surface area contributed by atoms with Crippen LogP contribution in [0.1, 0.15) is 33.6 Å². The largest absolute Gasteiger partial charge is 0.365 e. The fourth-order valence-corrected chi connectivity index (χ4v) is 3.38. The van der Waals surface area contributed by atoms with Gasteiger partial charge in [-0.1, -0.05) is 50.2 Å². The second-order valence-electron chi connectivity index (χ2n) is 6.48. The minimum absolute atomic E-state index is 0.211. The molecule has 1 heterocycles. The summed E-state index contributed by atoms with van der Waals surface area (Å²) < 4.78 is 0. The molecule has 2 heteroatoms. The van der Waals surface area contributed by atoms with E-state index in [9.17, 15) is 0 Å². The fourth-order valence-electron chi connectivity index (χ4n) is 3.38. The Morgan fingerprint density at radius 1 is 1.14 bits per heavy atom. The van der Waals surface area contributed by atoms with Crippen molar-refractivity contribution in [3.63, 3.8) is 0 Å². The third kappa shape index (κ3) is 2.65. The molecule has 0 radical (unpaired) electrons. The zero-order valence-corrected chi connectivity index (χ0v) is 13.4. The lowest BCUT2D eigenvalue weighted by molar-refractivity contribution is 0.276. The number of hydrogen-bond acceptors (Lipinski definition) is 2. The Kier molecular flexibility index (Phi) is 3.90. The van der Waals surface area contributed by atoms with Gasteiger partial charge in [0, 0.05) is 35.7 Å². The molecule has 1 aliphatic rings. The van der Waals surface area contributed by atoms with Crippen LogP contribution < -0.4 is 10.2 Å². The Morgan fingerprint density at radius 2 is 1.90 bits per heavy atom. The van der Waals surface area contributed by atoms with Gasteiger partial charge in [-0.05, 0) is 31.2 Å². The topological polar surface area (TPSA) is 15.3 Å². The van der Waals surface area contributed by atoms with Crippen LogP contribution in [0.2, 0.25) is 0 Å². The predicted molar refractivity (Wildman–Crippen MR) is 92.1 cm³/mol. The summed E-state index contributed by atoms with van der Waals surface area (Å²) in [6.07, 6.45) is 2.33. The lowest BCUT2D eigenvalue weighted by atomic mass is 9.91. The Hall–Kier alpha value is -1.54. The second kappa shape index (κ2) is 5.69. The van der Waals surface area contributed by atoms with Gasteiger partial charge in [0.15, 0.2) is 0 Å².